The van der Waals surface area contributed by atoms with Gasteiger partial charge in [0.1, 0.15) is 6.33 Å². The number of pyridine rings is 2. The number of carbonyl (C=O) groups is 1. The van der Waals surface area contributed by atoms with Gasteiger partial charge in [-0.3, -0.25) is 4.68 Å². The van der Waals surface area contributed by atoms with Crippen LogP contribution < -0.4 is 0 Å². The number of rotatable bonds is 4. The molecule has 3 aromatic rings. The first-order chi connectivity index (χ1) is 10.3. The molecule has 0 aliphatic rings. The molecule has 7 heteroatoms. The number of ether oxygens (including phenoxy) is 1. The standard InChI is InChI=1S/C14H13N5O2/c1-21-14(20)13-16-9-19(18-13)8-6-11-5-4-10-3-2-7-15-12(10)17-11/h2-5,7,9H,6,8H2,1H3. The van der Waals surface area contributed by atoms with E-state index in [2.05, 4.69) is 24.8 Å². The summed E-state index contributed by atoms with van der Waals surface area (Å²) in [5.41, 5.74) is 1.64. The molecule has 0 atom stereocenters. The van der Waals surface area contributed by atoms with Gasteiger partial charge in [-0.2, -0.15) is 0 Å². The van der Waals surface area contributed by atoms with Crippen LogP contribution in [0.2, 0.25) is 0 Å². The fourth-order valence-electron chi connectivity index (χ4n) is 1.95. The van der Waals surface area contributed by atoms with Crippen LogP contribution in [0.4, 0.5) is 0 Å². The Morgan fingerprint density at radius 3 is 3.05 bits per heavy atom. The van der Waals surface area contributed by atoms with Crippen molar-refractivity contribution in [3.05, 3.63) is 48.3 Å². The summed E-state index contributed by atoms with van der Waals surface area (Å²) in [5, 5.41) is 5.06. The Morgan fingerprint density at radius 2 is 2.19 bits per heavy atom. The monoisotopic (exact) mass is 283 g/mol. The minimum Gasteiger partial charge on any atom is -0.463 e. The number of hydrogen-bond donors (Lipinski definition) is 0. The number of carbonyl (C=O) groups excluding carboxylic acids is 1. The van der Waals surface area contributed by atoms with E-state index < -0.39 is 5.97 Å². The fraction of sp³-hybridized carbons (Fsp3) is 0.214. The van der Waals surface area contributed by atoms with Crippen LogP contribution in [0.1, 0.15) is 16.3 Å². The molecule has 0 aliphatic heterocycles. The molecule has 3 heterocycles. The lowest BCUT2D eigenvalue weighted by atomic mass is 10.2. The predicted octanol–water partition coefficient (Wildman–Crippen LogP) is 1.25. The van der Waals surface area contributed by atoms with Crippen molar-refractivity contribution < 1.29 is 9.53 Å². The van der Waals surface area contributed by atoms with E-state index in [4.69, 9.17) is 0 Å². The summed E-state index contributed by atoms with van der Waals surface area (Å²) in [5.74, 6) is -0.479. The SMILES string of the molecule is COC(=O)c1ncn(CCc2ccc3cccnc3n2)n1. The van der Waals surface area contributed by atoms with Gasteiger partial charge in [-0.15, -0.1) is 5.10 Å². The van der Waals surface area contributed by atoms with Crippen molar-refractivity contribution >= 4 is 17.0 Å². The van der Waals surface area contributed by atoms with E-state index >= 15 is 0 Å². The topological polar surface area (TPSA) is 82.8 Å². The first-order valence-electron chi connectivity index (χ1n) is 6.44. The Balaban J connectivity index is 1.71. The van der Waals surface area contributed by atoms with E-state index in [1.54, 1.807) is 10.9 Å². The maximum Gasteiger partial charge on any atom is 0.377 e. The van der Waals surface area contributed by atoms with Crippen molar-refractivity contribution in [2.75, 3.05) is 7.11 Å². The molecule has 0 bridgehead atoms. The highest BCUT2D eigenvalue weighted by atomic mass is 16.5. The smallest absolute Gasteiger partial charge is 0.377 e. The molecule has 0 spiro atoms. The zero-order valence-corrected chi connectivity index (χ0v) is 11.4. The van der Waals surface area contributed by atoms with Gasteiger partial charge in [0.25, 0.3) is 5.82 Å². The maximum absolute atomic E-state index is 11.3. The number of fused-ring (bicyclic) bond motifs is 1. The Kier molecular flexibility index (Phi) is 3.55. The first-order valence-corrected chi connectivity index (χ1v) is 6.44. The second-order valence-corrected chi connectivity index (χ2v) is 4.43. The van der Waals surface area contributed by atoms with E-state index in [-0.39, 0.29) is 5.82 Å². The van der Waals surface area contributed by atoms with Crippen LogP contribution >= 0.6 is 0 Å². The molecule has 0 unspecified atom stereocenters. The van der Waals surface area contributed by atoms with Crippen molar-refractivity contribution in [3.8, 4) is 0 Å². The number of nitrogens with zero attached hydrogens (tertiary/aromatic N) is 5. The van der Waals surface area contributed by atoms with Gasteiger partial charge < -0.3 is 4.74 Å². The molecule has 3 aromatic heterocycles. The molecule has 3 rings (SSSR count). The molecule has 106 valence electrons. The normalized spacial score (nSPS) is 10.7. The molecule has 0 amide bonds. The lowest BCUT2D eigenvalue weighted by Gasteiger charge is -2.02. The fourth-order valence-corrected chi connectivity index (χ4v) is 1.95. The number of aromatic nitrogens is 5. The van der Waals surface area contributed by atoms with Crippen LogP contribution in [0.15, 0.2) is 36.8 Å². The summed E-state index contributed by atoms with van der Waals surface area (Å²) < 4.78 is 6.16. The zero-order valence-electron chi connectivity index (χ0n) is 11.4. The number of aryl methyl sites for hydroxylation is 2. The highest BCUT2D eigenvalue weighted by molar-refractivity contribution is 5.84. The van der Waals surface area contributed by atoms with Crippen molar-refractivity contribution in [1.29, 1.82) is 0 Å². The third-order valence-electron chi connectivity index (χ3n) is 3.02. The first kappa shape index (κ1) is 13.2. The molecular formula is C14H13N5O2. The van der Waals surface area contributed by atoms with Crippen LogP contribution in [0, 0.1) is 0 Å². The molecule has 0 radical (unpaired) electrons. The second kappa shape index (κ2) is 5.66. The Hall–Kier alpha value is -2.83. The average Bonchev–Trinajstić information content (AvgIpc) is 3.01. The second-order valence-electron chi connectivity index (χ2n) is 4.43. The van der Waals surface area contributed by atoms with Crippen LogP contribution in [-0.4, -0.2) is 37.8 Å². The molecule has 0 N–H and O–H groups in total. The predicted molar refractivity (Wildman–Crippen MR) is 74.6 cm³/mol. The maximum atomic E-state index is 11.3. The highest BCUT2D eigenvalue weighted by Gasteiger charge is 2.11. The number of methoxy groups -OCH3 is 1. The van der Waals surface area contributed by atoms with E-state index in [0.717, 1.165) is 16.7 Å². The average molecular weight is 283 g/mol. The lowest BCUT2D eigenvalue weighted by molar-refractivity contribution is 0.0586. The van der Waals surface area contributed by atoms with Gasteiger partial charge in [0.05, 0.1) is 7.11 Å². The van der Waals surface area contributed by atoms with Crippen molar-refractivity contribution in [3.63, 3.8) is 0 Å². The molecule has 0 saturated carbocycles. The van der Waals surface area contributed by atoms with Crippen molar-refractivity contribution in [1.82, 2.24) is 24.7 Å². The largest absolute Gasteiger partial charge is 0.463 e. The van der Waals surface area contributed by atoms with E-state index in [1.807, 2.05) is 24.3 Å². The van der Waals surface area contributed by atoms with Crippen LogP contribution in [0.3, 0.4) is 0 Å². The number of esters is 1. The quantitative estimate of drug-likeness (QED) is 0.670. The van der Waals surface area contributed by atoms with Gasteiger partial charge in [-0.25, -0.2) is 19.7 Å². The summed E-state index contributed by atoms with van der Waals surface area (Å²) in [6.07, 6.45) is 3.90. The lowest BCUT2D eigenvalue weighted by Crippen LogP contribution is -2.07. The Bertz CT molecular complexity index is 784. The molecule has 0 aromatic carbocycles. The minimum absolute atomic E-state index is 0.0608. The molecule has 7 nitrogen and oxygen atoms in total. The van der Waals surface area contributed by atoms with E-state index in [9.17, 15) is 4.79 Å². The summed E-state index contributed by atoms with van der Waals surface area (Å²) >= 11 is 0. The molecule has 0 fully saturated rings. The summed E-state index contributed by atoms with van der Waals surface area (Å²) in [7, 11) is 1.30. The Labute approximate surface area is 120 Å². The molecular weight excluding hydrogens is 270 g/mol. The molecule has 0 aliphatic carbocycles. The molecule has 0 saturated heterocycles. The molecule has 21 heavy (non-hydrogen) atoms. The third-order valence-corrected chi connectivity index (χ3v) is 3.02. The van der Waals surface area contributed by atoms with Gasteiger partial charge in [0.15, 0.2) is 5.65 Å². The van der Waals surface area contributed by atoms with Gasteiger partial charge in [0, 0.05) is 30.2 Å². The van der Waals surface area contributed by atoms with Gasteiger partial charge >= 0.3 is 5.97 Å². The minimum atomic E-state index is -0.540. The van der Waals surface area contributed by atoms with Gasteiger partial charge in [-0.1, -0.05) is 0 Å². The van der Waals surface area contributed by atoms with Crippen LogP contribution in [0.5, 0.6) is 0 Å². The number of hydrogen-bond acceptors (Lipinski definition) is 6. The van der Waals surface area contributed by atoms with Crippen molar-refractivity contribution in [2.45, 2.75) is 13.0 Å². The summed E-state index contributed by atoms with van der Waals surface area (Å²) in [6.45, 7) is 0.579. The Morgan fingerprint density at radius 1 is 1.29 bits per heavy atom. The van der Waals surface area contributed by atoms with Gasteiger partial charge in [-0.05, 0) is 24.3 Å². The summed E-state index contributed by atoms with van der Waals surface area (Å²) in [4.78, 5) is 23.9. The van der Waals surface area contributed by atoms with Crippen LogP contribution in [-0.2, 0) is 17.7 Å². The van der Waals surface area contributed by atoms with Gasteiger partial charge in [0.2, 0.25) is 0 Å². The zero-order chi connectivity index (χ0) is 14.7. The summed E-state index contributed by atoms with van der Waals surface area (Å²) in [6, 6.07) is 7.81. The third kappa shape index (κ3) is 2.86. The van der Waals surface area contributed by atoms with Crippen molar-refractivity contribution in [2.24, 2.45) is 0 Å². The van der Waals surface area contributed by atoms with Crippen LogP contribution in [0.25, 0.3) is 11.0 Å². The highest BCUT2D eigenvalue weighted by Crippen LogP contribution is 2.09. The van der Waals surface area contributed by atoms with E-state index in [0.29, 0.717) is 13.0 Å². The van der Waals surface area contributed by atoms with E-state index in [1.165, 1.54) is 13.4 Å².